The van der Waals surface area contributed by atoms with Gasteiger partial charge in [-0.1, -0.05) is 24.3 Å². The molecule has 17 heavy (non-hydrogen) atoms. The molecule has 0 saturated carbocycles. The van der Waals surface area contributed by atoms with Crippen LogP contribution in [0, 0.1) is 6.92 Å². The van der Waals surface area contributed by atoms with Gasteiger partial charge in [0.25, 0.3) is 0 Å². The van der Waals surface area contributed by atoms with Gasteiger partial charge in [0.05, 0.1) is 0 Å². The number of nitrogens with zero attached hydrogens (tertiary/aromatic N) is 1. The van der Waals surface area contributed by atoms with Gasteiger partial charge in [0.15, 0.2) is 0 Å². The maximum absolute atomic E-state index is 3.48. The minimum Gasteiger partial charge on any atom is -0.317 e. The second kappa shape index (κ2) is 6.18. The van der Waals surface area contributed by atoms with Crippen LogP contribution < -0.4 is 5.32 Å². The monoisotopic (exact) mass is 232 g/mol. The number of rotatable bonds is 3. The fraction of sp³-hybridized carbons (Fsp3) is 0.600. The Kier molecular flexibility index (Phi) is 4.57. The minimum absolute atomic E-state index is 0.740. The zero-order valence-electron chi connectivity index (χ0n) is 11.1. The van der Waals surface area contributed by atoms with Crippen LogP contribution in [0.25, 0.3) is 0 Å². The van der Waals surface area contributed by atoms with Crippen LogP contribution in [0.4, 0.5) is 0 Å². The van der Waals surface area contributed by atoms with E-state index in [2.05, 4.69) is 48.5 Å². The fourth-order valence-electron chi connectivity index (χ4n) is 2.63. The van der Waals surface area contributed by atoms with Gasteiger partial charge in [0.1, 0.15) is 0 Å². The zero-order chi connectivity index (χ0) is 12.1. The summed E-state index contributed by atoms with van der Waals surface area (Å²) in [4.78, 5) is 2.52. The number of aryl methyl sites for hydroxylation is 1. The molecule has 0 aromatic heterocycles. The van der Waals surface area contributed by atoms with Gasteiger partial charge in [-0.3, -0.25) is 4.90 Å². The Morgan fingerprint density at radius 3 is 2.88 bits per heavy atom. The van der Waals surface area contributed by atoms with Crippen molar-refractivity contribution in [3.8, 4) is 0 Å². The van der Waals surface area contributed by atoms with Gasteiger partial charge in [0, 0.05) is 12.6 Å². The maximum atomic E-state index is 3.48. The second-order valence-corrected chi connectivity index (χ2v) is 5.18. The largest absolute Gasteiger partial charge is 0.317 e. The first-order valence-corrected chi connectivity index (χ1v) is 6.73. The van der Waals surface area contributed by atoms with E-state index in [-0.39, 0.29) is 0 Å². The SMILES string of the molecule is Cc1ccccc1CN(C)C1CCCNCC1. The van der Waals surface area contributed by atoms with Gasteiger partial charge in [-0.25, -0.2) is 0 Å². The van der Waals surface area contributed by atoms with Crippen LogP contribution in [-0.2, 0) is 6.54 Å². The third kappa shape index (κ3) is 3.55. The van der Waals surface area contributed by atoms with Crippen molar-refractivity contribution < 1.29 is 0 Å². The molecule has 1 aromatic rings. The Bertz CT molecular complexity index is 341. The molecule has 0 aliphatic carbocycles. The molecule has 1 aromatic carbocycles. The molecule has 1 fully saturated rings. The highest BCUT2D eigenvalue weighted by atomic mass is 15.1. The Labute approximate surface area is 105 Å². The van der Waals surface area contributed by atoms with Crippen molar-refractivity contribution in [3.05, 3.63) is 35.4 Å². The molecule has 2 rings (SSSR count). The summed E-state index contributed by atoms with van der Waals surface area (Å²) in [5.74, 6) is 0. The highest BCUT2D eigenvalue weighted by molar-refractivity contribution is 5.25. The van der Waals surface area contributed by atoms with Gasteiger partial charge in [0.2, 0.25) is 0 Å². The summed E-state index contributed by atoms with van der Waals surface area (Å²) >= 11 is 0. The fourth-order valence-corrected chi connectivity index (χ4v) is 2.63. The first kappa shape index (κ1) is 12.6. The first-order valence-electron chi connectivity index (χ1n) is 6.73. The van der Waals surface area contributed by atoms with E-state index < -0.39 is 0 Å². The molecular formula is C15H24N2. The quantitative estimate of drug-likeness (QED) is 0.861. The average Bonchev–Trinajstić information content (AvgIpc) is 2.61. The van der Waals surface area contributed by atoms with Crippen molar-refractivity contribution in [1.29, 1.82) is 0 Å². The summed E-state index contributed by atoms with van der Waals surface area (Å²) in [5.41, 5.74) is 2.87. The number of hydrogen-bond acceptors (Lipinski definition) is 2. The summed E-state index contributed by atoms with van der Waals surface area (Å²) in [6.07, 6.45) is 3.92. The molecule has 1 aliphatic heterocycles. The Morgan fingerprint density at radius 2 is 2.06 bits per heavy atom. The molecule has 0 spiro atoms. The molecule has 0 amide bonds. The van der Waals surface area contributed by atoms with Gasteiger partial charge < -0.3 is 5.32 Å². The van der Waals surface area contributed by atoms with Crippen LogP contribution in [0.1, 0.15) is 30.4 Å². The lowest BCUT2D eigenvalue weighted by Gasteiger charge is -2.27. The lowest BCUT2D eigenvalue weighted by atomic mass is 10.0. The zero-order valence-corrected chi connectivity index (χ0v) is 11.1. The smallest absolute Gasteiger partial charge is 0.0236 e. The van der Waals surface area contributed by atoms with E-state index in [4.69, 9.17) is 0 Å². The first-order chi connectivity index (χ1) is 8.27. The third-order valence-electron chi connectivity index (χ3n) is 3.85. The van der Waals surface area contributed by atoms with Gasteiger partial charge >= 0.3 is 0 Å². The molecular weight excluding hydrogens is 208 g/mol. The summed E-state index contributed by atoms with van der Waals surface area (Å²) in [5, 5.41) is 3.48. The molecule has 1 saturated heterocycles. The van der Waals surface area contributed by atoms with E-state index in [0.717, 1.165) is 12.6 Å². The summed E-state index contributed by atoms with van der Waals surface area (Å²) in [6, 6.07) is 9.46. The van der Waals surface area contributed by atoms with Gasteiger partial charge in [-0.2, -0.15) is 0 Å². The minimum atomic E-state index is 0.740. The van der Waals surface area contributed by atoms with Crippen molar-refractivity contribution in [2.75, 3.05) is 20.1 Å². The normalized spacial score (nSPS) is 21.5. The van der Waals surface area contributed by atoms with Crippen LogP contribution in [-0.4, -0.2) is 31.1 Å². The van der Waals surface area contributed by atoms with E-state index in [9.17, 15) is 0 Å². The van der Waals surface area contributed by atoms with Crippen molar-refractivity contribution in [3.63, 3.8) is 0 Å². The van der Waals surface area contributed by atoms with Crippen LogP contribution in [0.5, 0.6) is 0 Å². The molecule has 2 nitrogen and oxygen atoms in total. The number of nitrogens with one attached hydrogen (secondary N) is 1. The van der Waals surface area contributed by atoms with E-state index in [0.29, 0.717) is 0 Å². The molecule has 94 valence electrons. The van der Waals surface area contributed by atoms with E-state index in [1.54, 1.807) is 0 Å². The predicted octanol–water partition coefficient (Wildman–Crippen LogP) is 2.57. The highest BCUT2D eigenvalue weighted by Crippen LogP contribution is 2.16. The molecule has 2 heteroatoms. The van der Waals surface area contributed by atoms with Crippen molar-refractivity contribution in [2.24, 2.45) is 0 Å². The van der Waals surface area contributed by atoms with E-state index >= 15 is 0 Å². The average molecular weight is 232 g/mol. The highest BCUT2D eigenvalue weighted by Gasteiger charge is 2.16. The lowest BCUT2D eigenvalue weighted by molar-refractivity contribution is 0.216. The summed E-state index contributed by atoms with van der Waals surface area (Å²) in [7, 11) is 2.27. The van der Waals surface area contributed by atoms with Crippen LogP contribution >= 0.6 is 0 Å². The molecule has 1 heterocycles. The molecule has 1 aliphatic rings. The standard InChI is InChI=1S/C15H24N2/c1-13-6-3-4-7-14(13)12-17(2)15-8-5-10-16-11-9-15/h3-4,6-7,15-16H,5,8-12H2,1-2H3. The van der Waals surface area contributed by atoms with Crippen molar-refractivity contribution >= 4 is 0 Å². The second-order valence-electron chi connectivity index (χ2n) is 5.18. The molecule has 0 radical (unpaired) electrons. The topological polar surface area (TPSA) is 15.3 Å². The van der Waals surface area contributed by atoms with E-state index in [1.807, 2.05) is 0 Å². The summed E-state index contributed by atoms with van der Waals surface area (Å²) in [6.45, 7) is 5.65. The summed E-state index contributed by atoms with van der Waals surface area (Å²) < 4.78 is 0. The molecule has 1 N–H and O–H groups in total. The molecule has 1 unspecified atom stereocenters. The Morgan fingerprint density at radius 1 is 1.24 bits per heavy atom. The van der Waals surface area contributed by atoms with Crippen molar-refractivity contribution in [1.82, 2.24) is 10.2 Å². The van der Waals surface area contributed by atoms with Crippen LogP contribution in [0.15, 0.2) is 24.3 Å². The number of hydrogen-bond donors (Lipinski definition) is 1. The molecule has 0 bridgehead atoms. The van der Waals surface area contributed by atoms with Crippen molar-refractivity contribution in [2.45, 2.75) is 38.8 Å². The maximum Gasteiger partial charge on any atom is 0.0236 e. The Balaban J connectivity index is 1.95. The lowest BCUT2D eigenvalue weighted by Crippen LogP contribution is -2.32. The Hall–Kier alpha value is -0.860. The van der Waals surface area contributed by atoms with Crippen LogP contribution in [0.3, 0.4) is 0 Å². The van der Waals surface area contributed by atoms with Gasteiger partial charge in [-0.05, 0) is 57.5 Å². The molecule has 1 atom stereocenters. The van der Waals surface area contributed by atoms with Crippen LogP contribution in [0.2, 0.25) is 0 Å². The number of benzene rings is 1. The predicted molar refractivity (Wildman–Crippen MR) is 73.2 cm³/mol. The van der Waals surface area contributed by atoms with Gasteiger partial charge in [-0.15, -0.1) is 0 Å². The van der Waals surface area contributed by atoms with E-state index in [1.165, 1.54) is 43.5 Å². The third-order valence-corrected chi connectivity index (χ3v) is 3.85.